The molecule has 2 heterocycles. The Labute approximate surface area is 124 Å². The van der Waals surface area contributed by atoms with Gasteiger partial charge in [0, 0.05) is 26.1 Å². The van der Waals surface area contributed by atoms with Gasteiger partial charge in [-0.25, -0.2) is 13.6 Å². The number of furan rings is 1. The summed E-state index contributed by atoms with van der Waals surface area (Å²) in [5, 5.41) is 7.77. The predicted molar refractivity (Wildman–Crippen MR) is 76.8 cm³/mol. The van der Waals surface area contributed by atoms with Crippen LogP contribution in [0.15, 0.2) is 21.6 Å². The second-order valence-electron chi connectivity index (χ2n) is 5.13. The van der Waals surface area contributed by atoms with Crippen LogP contribution in [0.2, 0.25) is 0 Å². The number of piperidine rings is 1. The number of hydrogen-bond donors (Lipinski definition) is 2. The summed E-state index contributed by atoms with van der Waals surface area (Å²) in [6, 6.07) is 2.88. The van der Waals surface area contributed by atoms with Gasteiger partial charge in [0.15, 0.2) is 0 Å². The molecule has 0 spiro atoms. The summed E-state index contributed by atoms with van der Waals surface area (Å²) >= 11 is 0. The Bertz CT molecular complexity index is 576. The standard InChI is InChI=1S/C13H21N3O4S/c14-21(18,19)13-5-4-11(20-13)10-15-7-6-12(17)16-8-2-1-3-9-16/h4-5,15H,1-3,6-10H2,(H2,14,18,19). The van der Waals surface area contributed by atoms with E-state index in [4.69, 9.17) is 9.56 Å². The van der Waals surface area contributed by atoms with Gasteiger partial charge in [-0.15, -0.1) is 0 Å². The number of nitrogens with zero attached hydrogens (tertiary/aromatic N) is 1. The fourth-order valence-corrected chi connectivity index (χ4v) is 2.80. The molecule has 0 bridgehead atoms. The summed E-state index contributed by atoms with van der Waals surface area (Å²) in [6.45, 7) is 2.60. The van der Waals surface area contributed by atoms with Gasteiger partial charge in [0.05, 0.1) is 6.54 Å². The first-order valence-electron chi connectivity index (χ1n) is 7.07. The normalized spacial score (nSPS) is 16.1. The Morgan fingerprint density at radius 2 is 2.00 bits per heavy atom. The van der Waals surface area contributed by atoms with Crippen molar-refractivity contribution in [2.45, 2.75) is 37.3 Å². The van der Waals surface area contributed by atoms with E-state index < -0.39 is 10.0 Å². The van der Waals surface area contributed by atoms with E-state index in [1.807, 2.05) is 4.90 Å². The van der Waals surface area contributed by atoms with Crippen molar-refractivity contribution in [2.75, 3.05) is 19.6 Å². The maximum absolute atomic E-state index is 11.9. The van der Waals surface area contributed by atoms with E-state index in [-0.39, 0.29) is 11.0 Å². The van der Waals surface area contributed by atoms with E-state index in [1.165, 1.54) is 12.5 Å². The lowest BCUT2D eigenvalue weighted by atomic mass is 10.1. The Morgan fingerprint density at radius 3 is 2.62 bits per heavy atom. The van der Waals surface area contributed by atoms with Gasteiger partial charge in [0.25, 0.3) is 10.0 Å². The molecule has 1 saturated heterocycles. The first-order valence-corrected chi connectivity index (χ1v) is 8.61. The van der Waals surface area contributed by atoms with Crippen molar-refractivity contribution in [1.29, 1.82) is 0 Å². The molecule has 1 aliphatic rings. The number of primary sulfonamides is 1. The quantitative estimate of drug-likeness (QED) is 0.740. The van der Waals surface area contributed by atoms with Gasteiger partial charge in [0.1, 0.15) is 5.76 Å². The lowest BCUT2D eigenvalue weighted by molar-refractivity contribution is -0.131. The molecule has 21 heavy (non-hydrogen) atoms. The van der Waals surface area contributed by atoms with Crippen LogP contribution in [0.1, 0.15) is 31.4 Å². The molecule has 1 aromatic heterocycles. The lowest BCUT2D eigenvalue weighted by Crippen LogP contribution is -2.37. The zero-order chi connectivity index (χ0) is 15.3. The molecule has 1 aliphatic heterocycles. The molecule has 1 aromatic rings. The van der Waals surface area contributed by atoms with Crippen molar-refractivity contribution in [1.82, 2.24) is 10.2 Å². The van der Waals surface area contributed by atoms with Gasteiger partial charge in [-0.3, -0.25) is 4.79 Å². The van der Waals surface area contributed by atoms with E-state index >= 15 is 0 Å². The molecule has 0 unspecified atom stereocenters. The average molecular weight is 315 g/mol. The van der Waals surface area contributed by atoms with Crippen LogP contribution in [0.3, 0.4) is 0 Å². The van der Waals surface area contributed by atoms with Gasteiger partial charge in [-0.05, 0) is 31.4 Å². The topological polar surface area (TPSA) is 106 Å². The second-order valence-corrected chi connectivity index (χ2v) is 6.63. The Hall–Kier alpha value is -1.38. The third kappa shape index (κ3) is 4.83. The fourth-order valence-electron chi connectivity index (χ4n) is 2.31. The maximum Gasteiger partial charge on any atom is 0.271 e. The number of likely N-dealkylation sites (tertiary alicyclic amines) is 1. The minimum atomic E-state index is -3.80. The van der Waals surface area contributed by atoms with Crippen LogP contribution in [0, 0.1) is 0 Å². The van der Waals surface area contributed by atoms with Crippen molar-refractivity contribution in [3.8, 4) is 0 Å². The summed E-state index contributed by atoms with van der Waals surface area (Å²) in [7, 11) is -3.80. The highest BCUT2D eigenvalue weighted by Crippen LogP contribution is 2.12. The molecule has 0 radical (unpaired) electrons. The van der Waals surface area contributed by atoms with Crippen LogP contribution in [0.25, 0.3) is 0 Å². The van der Waals surface area contributed by atoms with Crippen LogP contribution in [0.4, 0.5) is 0 Å². The Kier molecular flexibility index (Phi) is 5.38. The SMILES string of the molecule is NS(=O)(=O)c1ccc(CNCCC(=O)N2CCCCC2)o1. The summed E-state index contributed by atoms with van der Waals surface area (Å²) in [5.74, 6) is 0.635. The van der Waals surface area contributed by atoms with Gasteiger partial charge >= 0.3 is 0 Å². The van der Waals surface area contributed by atoms with E-state index in [1.54, 1.807) is 6.07 Å². The van der Waals surface area contributed by atoms with Crippen LogP contribution in [-0.4, -0.2) is 38.9 Å². The molecule has 7 nitrogen and oxygen atoms in total. The molecular formula is C13H21N3O4S. The Balaban J connectivity index is 1.70. The monoisotopic (exact) mass is 315 g/mol. The fraction of sp³-hybridized carbons (Fsp3) is 0.615. The lowest BCUT2D eigenvalue weighted by Gasteiger charge is -2.26. The van der Waals surface area contributed by atoms with E-state index in [0.717, 1.165) is 25.9 Å². The van der Waals surface area contributed by atoms with Crippen LogP contribution in [-0.2, 0) is 21.4 Å². The molecule has 8 heteroatoms. The first-order chi connectivity index (χ1) is 9.97. The van der Waals surface area contributed by atoms with Crippen LogP contribution >= 0.6 is 0 Å². The first kappa shape index (κ1) is 16.0. The maximum atomic E-state index is 11.9. The average Bonchev–Trinajstić information content (AvgIpc) is 2.93. The predicted octanol–water partition coefficient (Wildman–Crippen LogP) is 0.419. The second kappa shape index (κ2) is 7.06. The largest absolute Gasteiger partial charge is 0.447 e. The van der Waals surface area contributed by atoms with Gasteiger partial charge in [-0.1, -0.05) is 0 Å². The van der Waals surface area contributed by atoms with Crippen LogP contribution < -0.4 is 10.5 Å². The van der Waals surface area contributed by atoms with Gasteiger partial charge in [-0.2, -0.15) is 0 Å². The molecular weight excluding hydrogens is 294 g/mol. The van der Waals surface area contributed by atoms with Crippen molar-refractivity contribution < 1.29 is 17.6 Å². The minimum Gasteiger partial charge on any atom is -0.447 e. The number of carbonyl (C=O) groups excluding carboxylic acids is 1. The summed E-state index contributed by atoms with van der Waals surface area (Å²) < 4.78 is 27.2. The number of rotatable bonds is 6. The van der Waals surface area contributed by atoms with Gasteiger partial charge < -0.3 is 14.6 Å². The zero-order valence-electron chi connectivity index (χ0n) is 11.9. The third-order valence-electron chi connectivity index (χ3n) is 3.44. The van der Waals surface area contributed by atoms with Crippen LogP contribution in [0.5, 0.6) is 0 Å². The number of sulfonamides is 1. The molecule has 0 aliphatic carbocycles. The smallest absolute Gasteiger partial charge is 0.271 e. The zero-order valence-corrected chi connectivity index (χ0v) is 12.7. The molecule has 0 atom stereocenters. The third-order valence-corrected chi connectivity index (χ3v) is 4.22. The summed E-state index contributed by atoms with van der Waals surface area (Å²) in [4.78, 5) is 13.8. The van der Waals surface area contributed by atoms with Crippen molar-refractivity contribution in [3.05, 3.63) is 17.9 Å². The van der Waals surface area contributed by atoms with E-state index in [2.05, 4.69) is 5.32 Å². The molecule has 118 valence electrons. The number of amides is 1. The highest BCUT2D eigenvalue weighted by atomic mass is 32.2. The molecule has 2 rings (SSSR count). The number of nitrogens with two attached hydrogens (primary N) is 1. The Morgan fingerprint density at radius 1 is 1.29 bits per heavy atom. The summed E-state index contributed by atoms with van der Waals surface area (Å²) in [5.41, 5.74) is 0. The number of nitrogens with one attached hydrogen (secondary N) is 1. The number of hydrogen-bond acceptors (Lipinski definition) is 5. The highest BCUT2D eigenvalue weighted by molar-refractivity contribution is 7.89. The molecule has 1 amide bonds. The molecule has 0 aromatic carbocycles. The number of carbonyl (C=O) groups is 1. The van der Waals surface area contributed by atoms with Crippen molar-refractivity contribution in [2.24, 2.45) is 5.14 Å². The minimum absolute atomic E-state index is 0.159. The van der Waals surface area contributed by atoms with E-state index in [9.17, 15) is 13.2 Å². The van der Waals surface area contributed by atoms with Crippen molar-refractivity contribution >= 4 is 15.9 Å². The van der Waals surface area contributed by atoms with E-state index in [0.29, 0.717) is 25.3 Å². The van der Waals surface area contributed by atoms with Gasteiger partial charge in [0.2, 0.25) is 11.0 Å². The molecule has 1 fully saturated rings. The highest BCUT2D eigenvalue weighted by Gasteiger charge is 2.16. The summed E-state index contributed by atoms with van der Waals surface area (Å²) in [6.07, 6.45) is 3.81. The van der Waals surface area contributed by atoms with Crippen molar-refractivity contribution in [3.63, 3.8) is 0 Å². The molecule has 0 saturated carbocycles. The molecule has 3 N–H and O–H groups in total.